The average molecular weight is 340 g/mol. The molecule has 1 unspecified atom stereocenters. The van der Waals surface area contributed by atoms with Crippen molar-refractivity contribution in [2.75, 3.05) is 13.1 Å². The van der Waals surface area contributed by atoms with Crippen molar-refractivity contribution in [3.8, 4) is 0 Å². The number of carbonyl (C=O) groups is 1. The van der Waals surface area contributed by atoms with Crippen LogP contribution < -0.4 is 10.6 Å². The maximum atomic E-state index is 13.0. The Labute approximate surface area is 137 Å². The van der Waals surface area contributed by atoms with Gasteiger partial charge in [0.15, 0.2) is 0 Å². The molecule has 0 bridgehead atoms. The van der Waals surface area contributed by atoms with Crippen molar-refractivity contribution in [1.82, 2.24) is 10.6 Å². The van der Waals surface area contributed by atoms with Crippen molar-refractivity contribution in [3.63, 3.8) is 0 Å². The zero-order valence-electron chi connectivity index (χ0n) is 12.6. The third-order valence-electron chi connectivity index (χ3n) is 3.36. The van der Waals surface area contributed by atoms with Gasteiger partial charge in [-0.1, -0.05) is 0 Å². The molecule has 1 heterocycles. The molecule has 0 saturated carbocycles. The second-order valence-corrected chi connectivity index (χ2v) is 6.20. The molecule has 0 spiro atoms. The van der Waals surface area contributed by atoms with Crippen molar-refractivity contribution in [1.29, 1.82) is 0 Å². The zero-order valence-corrected chi connectivity index (χ0v) is 13.4. The first-order valence-corrected chi connectivity index (χ1v) is 8.03. The van der Waals surface area contributed by atoms with E-state index in [1.54, 1.807) is 13.0 Å². The first-order chi connectivity index (χ1) is 10.9. The number of nitrogens with one attached hydrogen (secondary N) is 2. The maximum absolute atomic E-state index is 13.0. The highest BCUT2D eigenvalue weighted by atomic mass is 32.1. The van der Waals surface area contributed by atoms with Crippen LogP contribution in [0.2, 0.25) is 0 Å². The van der Waals surface area contributed by atoms with Gasteiger partial charge in [-0.05, 0) is 53.4 Å². The van der Waals surface area contributed by atoms with Crippen LogP contribution in [0.3, 0.4) is 0 Å². The predicted octanol–water partition coefficient (Wildman–Crippen LogP) is 2.78. The molecule has 0 aliphatic heterocycles. The molecule has 124 valence electrons. The summed E-state index contributed by atoms with van der Waals surface area (Å²) in [6.07, 6.45) is 0.309. The molecule has 1 aromatic carbocycles. The van der Waals surface area contributed by atoms with Gasteiger partial charge in [0.2, 0.25) is 0 Å². The molecule has 2 aromatic rings. The molecular formula is C16H18F2N2O2S. The second kappa shape index (κ2) is 7.52. The smallest absolute Gasteiger partial charge is 0.314 e. The zero-order chi connectivity index (χ0) is 16.9. The lowest BCUT2D eigenvalue weighted by molar-refractivity contribution is 0.0598. The minimum atomic E-state index is -1.15. The third kappa shape index (κ3) is 5.30. The van der Waals surface area contributed by atoms with E-state index in [1.165, 1.54) is 23.5 Å². The van der Waals surface area contributed by atoms with E-state index in [0.717, 1.165) is 11.6 Å². The highest BCUT2D eigenvalue weighted by molar-refractivity contribution is 7.08. The standard InChI is InChI=1S/C16H18F2N2O2S/c1-16(22,12-3-5-23-9-12)10-20-15(21)19-4-2-11-6-13(17)8-14(18)7-11/h3,5-9,22H,2,4,10H2,1H3,(H2,19,20,21). The van der Waals surface area contributed by atoms with E-state index in [-0.39, 0.29) is 13.1 Å². The van der Waals surface area contributed by atoms with Crippen LogP contribution >= 0.6 is 11.3 Å². The number of hydrogen-bond acceptors (Lipinski definition) is 3. The Bertz CT molecular complexity index is 640. The lowest BCUT2D eigenvalue weighted by Gasteiger charge is -2.22. The fourth-order valence-electron chi connectivity index (χ4n) is 2.06. The van der Waals surface area contributed by atoms with Gasteiger partial charge in [0.1, 0.15) is 17.2 Å². The molecule has 2 amide bonds. The second-order valence-electron chi connectivity index (χ2n) is 5.42. The molecule has 1 atom stereocenters. The lowest BCUT2D eigenvalue weighted by atomic mass is 9.99. The third-order valence-corrected chi connectivity index (χ3v) is 4.04. The molecule has 23 heavy (non-hydrogen) atoms. The van der Waals surface area contributed by atoms with Crippen LogP contribution in [0.15, 0.2) is 35.0 Å². The molecular weight excluding hydrogens is 322 g/mol. The highest BCUT2D eigenvalue weighted by Gasteiger charge is 2.24. The molecule has 2 rings (SSSR count). The van der Waals surface area contributed by atoms with Crippen LogP contribution in [-0.4, -0.2) is 24.2 Å². The molecule has 1 aromatic heterocycles. The molecule has 4 nitrogen and oxygen atoms in total. The normalized spacial score (nSPS) is 13.4. The van der Waals surface area contributed by atoms with E-state index in [4.69, 9.17) is 0 Å². The van der Waals surface area contributed by atoms with Gasteiger partial charge in [0.05, 0.1) is 6.54 Å². The predicted molar refractivity (Wildman–Crippen MR) is 85.4 cm³/mol. The molecule has 0 fully saturated rings. The van der Waals surface area contributed by atoms with Gasteiger partial charge < -0.3 is 15.7 Å². The van der Waals surface area contributed by atoms with Crippen molar-refractivity contribution >= 4 is 17.4 Å². The summed E-state index contributed by atoms with van der Waals surface area (Å²) in [7, 11) is 0. The van der Waals surface area contributed by atoms with E-state index in [0.29, 0.717) is 12.0 Å². The summed E-state index contributed by atoms with van der Waals surface area (Å²) in [5.74, 6) is -1.28. The van der Waals surface area contributed by atoms with E-state index in [1.807, 2.05) is 10.8 Å². The number of halogens is 2. The largest absolute Gasteiger partial charge is 0.384 e. The van der Waals surface area contributed by atoms with Crippen LogP contribution in [0, 0.1) is 11.6 Å². The van der Waals surface area contributed by atoms with E-state index in [2.05, 4.69) is 10.6 Å². The summed E-state index contributed by atoms with van der Waals surface area (Å²) in [4.78, 5) is 11.7. The van der Waals surface area contributed by atoms with Gasteiger partial charge in [0.25, 0.3) is 0 Å². The first kappa shape index (κ1) is 17.4. The van der Waals surface area contributed by atoms with Crippen molar-refractivity contribution in [2.45, 2.75) is 18.9 Å². The van der Waals surface area contributed by atoms with Crippen molar-refractivity contribution in [2.24, 2.45) is 0 Å². The van der Waals surface area contributed by atoms with Gasteiger partial charge >= 0.3 is 6.03 Å². The molecule has 7 heteroatoms. The van der Waals surface area contributed by atoms with Crippen LogP contribution in [0.25, 0.3) is 0 Å². The topological polar surface area (TPSA) is 61.4 Å². The van der Waals surface area contributed by atoms with E-state index in [9.17, 15) is 18.7 Å². The molecule has 0 saturated heterocycles. The number of carbonyl (C=O) groups excluding carboxylic acids is 1. The Morgan fingerprint density at radius 3 is 2.57 bits per heavy atom. The Kier molecular flexibility index (Phi) is 5.68. The summed E-state index contributed by atoms with van der Waals surface area (Å²) in [5, 5.41) is 19.1. The summed E-state index contributed by atoms with van der Waals surface area (Å²) in [5.41, 5.74) is 0.0503. The minimum absolute atomic E-state index is 0.0597. The molecule has 0 radical (unpaired) electrons. The van der Waals surface area contributed by atoms with Crippen LogP contribution in [0.1, 0.15) is 18.1 Å². The molecule has 0 aliphatic carbocycles. The first-order valence-electron chi connectivity index (χ1n) is 7.08. The number of aliphatic hydroxyl groups is 1. The van der Waals surface area contributed by atoms with Gasteiger partial charge in [-0.2, -0.15) is 11.3 Å². The van der Waals surface area contributed by atoms with Gasteiger partial charge in [-0.3, -0.25) is 0 Å². The van der Waals surface area contributed by atoms with Crippen LogP contribution in [0.4, 0.5) is 13.6 Å². The monoisotopic (exact) mass is 340 g/mol. The van der Waals surface area contributed by atoms with Gasteiger partial charge in [-0.15, -0.1) is 0 Å². The van der Waals surface area contributed by atoms with Gasteiger partial charge in [-0.25, -0.2) is 13.6 Å². The fourth-order valence-corrected chi connectivity index (χ4v) is 2.85. The van der Waals surface area contributed by atoms with Gasteiger partial charge in [0, 0.05) is 12.6 Å². The summed E-state index contributed by atoms with van der Waals surface area (Å²) >= 11 is 1.46. The van der Waals surface area contributed by atoms with Crippen molar-refractivity contribution in [3.05, 3.63) is 57.8 Å². The summed E-state index contributed by atoms with van der Waals surface area (Å²) < 4.78 is 26.1. The number of rotatable bonds is 6. The lowest BCUT2D eigenvalue weighted by Crippen LogP contribution is -2.43. The Hall–Kier alpha value is -1.99. The average Bonchev–Trinajstić information content (AvgIpc) is 2.99. The Morgan fingerprint density at radius 2 is 1.96 bits per heavy atom. The Morgan fingerprint density at radius 1 is 1.26 bits per heavy atom. The quantitative estimate of drug-likeness (QED) is 0.757. The number of amides is 2. The van der Waals surface area contributed by atoms with Crippen LogP contribution in [-0.2, 0) is 12.0 Å². The fraction of sp³-hybridized carbons (Fsp3) is 0.312. The van der Waals surface area contributed by atoms with E-state index < -0.39 is 23.3 Å². The number of urea groups is 1. The minimum Gasteiger partial charge on any atom is -0.384 e. The van der Waals surface area contributed by atoms with E-state index >= 15 is 0 Å². The van der Waals surface area contributed by atoms with Crippen LogP contribution in [0.5, 0.6) is 0 Å². The maximum Gasteiger partial charge on any atom is 0.314 e. The summed E-state index contributed by atoms with van der Waals surface area (Å²) in [6, 6.07) is 4.60. The number of thiophene rings is 1. The number of hydrogen-bond donors (Lipinski definition) is 3. The highest BCUT2D eigenvalue weighted by Crippen LogP contribution is 2.21. The SMILES string of the molecule is CC(O)(CNC(=O)NCCc1cc(F)cc(F)c1)c1ccsc1. The molecule has 0 aliphatic rings. The number of benzene rings is 1. The Balaban J connectivity index is 1.75. The summed E-state index contributed by atoms with van der Waals surface area (Å²) in [6.45, 7) is 1.91. The van der Waals surface area contributed by atoms with Crippen molar-refractivity contribution < 1.29 is 18.7 Å². The molecule has 3 N–H and O–H groups in total.